The summed E-state index contributed by atoms with van der Waals surface area (Å²) in [6.07, 6.45) is 0. The Labute approximate surface area is 91.4 Å². The van der Waals surface area contributed by atoms with Crippen molar-refractivity contribution in [2.75, 3.05) is 5.88 Å². The monoisotopic (exact) mass is 227 g/mol. The molecule has 0 spiro atoms. The van der Waals surface area contributed by atoms with Gasteiger partial charge in [-0.1, -0.05) is 12.1 Å². The molecular formula is C11H17NO2S. The lowest BCUT2D eigenvalue weighted by Gasteiger charge is -2.09. The van der Waals surface area contributed by atoms with Gasteiger partial charge in [-0.25, -0.2) is 8.42 Å². The fourth-order valence-electron chi connectivity index (χ4n) is 1.17. The lowest BCUT2D eigenvalue weighted by molar-refractivity contribution is 0.573. The Balaban J connectivity index is 2.87. The van der Waals surface area contributed by atoms with Gasteiger partial charge in [-0.15, -0.1) is 0 Å². The summed E-state index contributed by atoms with van der Waals surface area (Å²) in [7, 11) is -3.19. The topological polar surface area (TPSA) is 46.2 Å². The molecule has 4 heteroatoms. The molecule has 0 saturated carbocycles. The summed E-state index contributed by atoms with van der Waals surface area (Å²) in [5, 5.41) is 2.92. The third kappa shape index (κ3) is 3.64. The number of hydrogen-bond donors (Lipinski definition) is 1. The smallest absolute Gasteiger partial charge is 0.191 e. The van der Waals surface area contributed by atoms with Gasteiger partial charge in [0.2, 0.25) is 0 Å². The van der Waals surface area contributed by atoms with Crippen molar-refractivity contribution >= 4 is 9.84 Å². The molecule has 0 aromatic heterocycles. The van der Waals surface area contributed by atoms with Gasteiger partial charge in [0.15, 0.2) is 9.84 Å². The molecule has 0 unspecified atom stereocenters. The van der Waals surface area contributed by atoms with E-state index in [0.29, 0.717) is 4.90 Å². The largest absolute Gasteiger partial charge is 0.301 e. The van der Waals surface area contributed by atoms with E-state index in [9.17, 15) is 8.42 Å². The van der Waals surface area contributed by atoms with Crippen molar-refractivity contribution in [1.82, 2.24) is 5.32 Å². The zero-order valence-electron chi connectivity index (χ0n) is 9.32. The van der Waals surface area contributed by atoms with Crippen LogP contribution < -0.4 is 5.32 Å². The maximum Gasteiger partial charge on any atom is 0.191 e. The predicted molar refractivity (Wildman–Crippen MR) is 61.5 cm³/mol. The second-order valence-electron chi connectivity index (χ2n) is 3.93. The molecule has 3 nitrogen and oxygen atoms in total. The third-order valence-electron chi connectivity index (χ3n) is 2.03. The minimum absolute atomic E-state index is 0.00583. The van der Waals surface area contributed by atoms with Gasteiger partial charge in [0.1, 0.15) is 5.88 Å². The molecule has 15 heavy (non-hydrogen) atoms. The molecular weight excluding hydrogens is 210 g/mol. The SMILES string of the molecule is Cc1cccc(S(=O)(=O)CNC(C)C)c1. The van der Waals surface area contributed by atoms with Gasteiger partial charge in [-0.05, 0) is 38.5 Å². The predicted octanol–water partition coefficient (Wildman–Crippen LogP) is 1.72. The summed E-state index contributed by atoms with van der Waals surface area (Å²) in [5.74, 6) is -0.00583. The van der Waals surface area contributed by atoms with Crippen molar-refractivity contribution in [2.24, 2.45) is 0 Å². The van der Waals surface area contributed by atoms with E-state index >= 15 is 0 Å². The van der Waals surface area contributed by atoms with Crippen LogP contribution >= 0.6 is 0 Å². The first-order valence-corrected chi connectivity index (χ1v) is 6.60. The quantitative estimate of drug-likeness (QED) is 0.852. The highest BCUT2D eigenvalue weighted by molar-refractivity contribution is 7.91. The molecule has 0 aliphatic rings. The van der Waals surface area contributed by atoms with E-state index in [2.05, 4.69) is 5.32 Å². The fraction of sp³-hybridized carbons (Fsp3) is 0.455. The van der Waals surface area contributed by atoms with Crippen LogP contribution in [0.3, 0.4) is 0 Å². The Bertz CT molecular complexity index is 424. The molecule has 0 aliphatic heterocycles. The normalized spacial score (nSPS) is 12.0. The maximum atomic E-state index is 11.8. The second kappa shape index (κ2) is 4.77. The van der Waals surface area contributed by atoms with E-state index in [1.165, 1.54) is 0 Å². The molecule has 1 aromatic carbocycles. The van der Waals surface area contributed by atoms with Crippen LogP contribution in [0.25, 0.3) is 0 Å². The number of aryl methyl sites for hydroxylation is 1. The van der Waals surface area contributed by atoms with E-state index in [1.54, 1.807) is 18.2 Å². The summed E-state index contributed by atoms with van der Waals surface area (Å²) < 4.78 is 23.7. The standard InChI is InChI=1S/C11H17NO2S/c1-9(2)12-8-15(13,14)11-6-4-5-10(3)7-11/h4-7,9,12H,8H2,1-3H3. The van der Waals surface area contributed by atoms with Crippen molar-refractivity contribution < 1.29 is 8.42 Å². The highest BCUT2D eigenvalue weighted by Gasteiger charge is 2.14. The van der Waals surface area contributed by atoms with Gasteiger partial charge in [0.25, 0.3) is 0 Å². The van der Waals surface area contributed by atoms with E-state index in [0.717, 1.165) is 5.56 Å². The van der Waals surface area contributed by atoms with E-state index in [4.69, 9.17) is 0 Å². The molecule has 0 amide bonds. The Kier molecular flexibility index (Phi) is 3.88. The van der Waals surface area contributed by atoms with E-state index < -0.39 is 9.84 Å². The van der Waals surface area contributed by atoms with E-state index in [1.807, 2.05) is 26.8 Å². The summed E-state index contributed by atoms with van der Waals surface area (Å²) in [5.41, 5.74) is 0.959. The number of nitrogens with one attached hydrogen (secondary N) is 1. The third-order valence-corrected chi connectivity index (χ3v) is 3.55. The lowest BCUT2D eigenvalue weighted by atomic mass is 10.2. The molecule has 0 aliphatic carbocycles. The van der Waals surface area contributed by atoms with Crippen LogP contribution in [0.15, 0.2) is 29.2 Å². The minimum Gasteiger partial charge on any atom is -0.301 e. The van der Waals surface area contributed by atoms with Crippen molar-refractivity contribution in [3.8, 4) is 0 Å². The molecule has 0 atom stereocenters. The molecule has 0 radical (unpaired) electrons. The summed E-state index contributed by atoms with van der Waals surface area (Å²) in [4.78, 5) is 0.385. The van der Waals surface area contributed by atoms with Crippen LogP contribution in [0, 0.1) is 6.92 Å². The van der Waals surface area contributed by atoms with Gasteiger partial charge < -0.3 is 5.32 Å². The fourth-order valence-corrected chi connectivity index (χ4v) is 2.54. The van der Waals surface area contributed by atoms with Crippen LogP contribution in [0.1, 0.15) is 19.4 Å². The number of hydrogen-bond acceptors (Lipinski definition) is 3. The van der Waals surface area contributed by atoms with Crippen molar-refractivity contribution in [2.45, 2.75) is 31.7 Å². The molecule has 1 N–H and O–H groups in total. The summed E-state index contributed by atoms with van der Waals surface area (Å²) >= 11 is 0. The molecule has 0 fully saturated rings. The van der Waals surface area contributed by atoms with Gasteiger partial charge in [-0.2, -0.15) is 0 Å². The first-order valence-electron chi connectivity index (χ1n) is 4.94. The molecule has 84 valence electrons. The van der Waals surface area contributed by atoms with Crippen molar-refractivity contribution in [3.63, 3.8) is 0 Å². The Hall–Kier alpha value is -0.870. The zero-order valence-corrected chi connectivity index (χ0v) is 10.1. The summed E-state index contributed by atoms with van der Waals surface area (Å²) in [6.45, 7) is 5.73. The van der Waals surface area contributed by atoms with Crippen LogP contribution in [0.4, 0.5) is 0 Å². The number of rotatable bonds is 4. The van der Waals surface area contributed by atoms with Gasteiger partial charge >= 0.3 is 0 Å². The van der Waals surface area contributed by atoms with Gasteiger partial charge in [-0.3, -0.25) is 0 Å². The van der Waals surface area contributed by atoms with Crippen LogP contribution in [0.5, 0.6) is 0 Å². The molecule has 1 rings (SSSR count). The Morgan fingerprint density at radius 2 is 2.00 bits per heavy atom. The highest BCUT2D eigenvalue weighted by atomic mass is 32.2. The van der Waals surface area contributed by atoms with Crippen molar-refractivity contribution in [3.05, 3.63) is 29.8 Å². The van der Waals surface area contributed by atoms with Crippen LogP contribution in [-0.4, -0.2) is 20.3 Å². The van der Waals surface area contributed by atoms with Gasteiger partial charge in [0, 0.05) is 6.04 Å². The highest BCUT2D eigenvalue weighted by Crippen LogP contribution is 2.11. The first-order chi connectivity index (χ1) is 6.92. The van der Waals surface area contributed by atoms with Crippen LogP contribution in [0.2, 0.25) is 0 Å². The lowest BCUT2D eigenvalue weighted by Crippen LogP contribution is -2.29. The number of benzene rings is 1. The second-order valence-corrected chi connectivity index (χ2v) is 5.92. The average molecular weight is 227 g/mol. The first kappa shape index (κ1) is 12.2. The Morgan fingerprint density at radius 1 is 1.33 bits per heavy atom. The molecule has 0 saturated heterocycles. The van der Waals surface area contributed by atoms with Crippen LogP contribution in [-0.2, 0) is 9.84 Å². The molecule has 0 bridgehead atoms. The molecule has 1 aromatic rings. The van der Waals surface area contributed by atoms with E-state index in [-0.39, 0.29) is 11.9 Å². The molecule has 0 heterocycles. The Morgan fingerprint density at radius 3 is 2.53 bits per heavy atom. The summed E-state index contributed by atoms with van der Waals surface area (Å²) in [6, 6.07) is 7.14. The van der Waals surface area contributed by atoms with Crippen molar-refractivity contribution in [1.29, 1.82) is 0 Å². The van der Waals surface area contributed by atoms with Gasteiger partial charge in [0.05, 0.1) is 4.90 Å². The zero-order chi connectivity index (χ0) is 11.5. The average Bonchev–Trinajstić information content (AvgIpc) is 2.15. The minimum atomic E-state index is -3.19. The number of sulfone groups is 1. The maximum absolute atomic E-state index is 11.8.